The average molecular weight is 320 g/mol. The quantitative estimate of drug-likeness (QED) is 0.926. The van der Waals surface area contributed by atoms with Crippen molar-refractivity contribution in [3.8, 4) is 0 Å². The molecule has 2 N–H and O–H groups in total. The van der Waals surface area contributed by atoms with Gasteiger partial charge in [0, 0.05) is 17.6 Å². The van der Waals surface area contributed by atoms with Crippen LogP contribution in [0, 0.1) is 0 Å². The van der Waals surface area contributed by atoms with Gasteiger partial charge < -0.3 is 10.6 Å². The number of halogens is 2. The number of nitrogens with two attached hydrogens (primary N) is 1. The molecule has 0 aromatic heterocycles. The lowest BCUT2D eigenvalue weighted by atomic mass is 10.0. The van der Waals surface area contributed by atoms with Crippen molar-refractivity contribution in [1.82, 2.24) is 4.90 Å². The fourth-order valence-electron chi connectivity index (χ4n) is 1.76. The molecule has 0 spiro atoms. The van der Waals surface area contributed by atoms with Crippen molar-refractivity contribution < 1.29 is 4.79 Å². The topological polar surface area (TPSA) is 46.3 Å². The van der Waals surface area contributed by atoms with E-state index < -0.39 is 6.04 Å². The lowest BCUT2D eigenvalue weighted by Gasteiger charge is -2.33. The van der Waals surface area contributed by atoms with Gasteiger partial charge in [-0.05, 0) is 24.5 Å². The summed E-state index contributed by atoms with van der Waals surface area (Å²) in [6.45, 7) is 1.73. The molecule has 0 saturated carbocycles. The van der Waals surface area contributed by atoms with Crippen LogP contribution in [-0.4, -0.2) is 29.9 Å². The molecule has 1 aromatic rings. The Hall–Kier alpha value is -0.580. The molecule has 0 bridgehead atoms. The summed E-state index contributed by atoms with van der Waals surface area (Å²) in [5, 5.41) is 0. The first-order chi connectivity index (χ1) is 7.68. The van der Waals surface area contributed by atoms with E-state index in [4.69, 9.17) is 5.73 Å². The molecular formula is C12H16BrClN2O. The van der Waals surface area contributed by atoms with Gasteiger partial charge in [-0.15, -0.1) is 12.4 Å². The first kappa shape index (κ1) is 14.5. The molecule has 1 amide bonds. The van der Waals surface area contributed by atoms with Crippen LogP contribution in [-0.2, 0) is 11.2 Å². The van der Waals surface area contributed by atoms with Crippen molar-refractivity contribution in [1.29, 1.82) is 0 Å². The molecule has 1 fully saturated rings. The highest BCUT2D eigenvalue weighted by Crippen LogP contribution is 2.18. The second-order valence-corrected chi connectivity index (χ2v) is 4.94. The molecule has 2 rings (SSSR count). The van der Waals surface area contributed by atoms with Crippen LogP contribution < -0.4 is 5.73 Å². The summed E-state index contributed by atoms with van der Waals surface area (Å²) in [7, 11) is 0. The van der Waals surface area contributed by atoms with Gasteiger partial charge in [0.25, 0.3) is 0 Å². The lowest BCUT2D eigenvalue weighted by Crippen LogP contribution is -2.50. The van der Waals surface area contributed by atoms with Gasteiger partial charge in [-0.25, -0.2) is 0 Å². The highest BCUT2D eigenvalue weighted by molar-refractivity contribution is 9.10. The van der Waals surface area contributed by atoms with Crippen LogP contribution in [0.15, 0.2) is 28.7 Å². The van der Waals surface area contributed by atoms with Crippen molar-refractivity contribution in [2.24, 2.45) is 5.73 Å². The smallest absolute Gasteiger partial charge is 0.239 e. The molecule has 0 unspecified atom stereocenters. The SMILES string of the molecule is Cl.N[C@H](Cc1ccccc1Br)C(=O)N1CCC1. The van der Waals surface area contributed by atoms with Gasteiger partial charge >= 0.3 is 0 Å². The molecule has 1 aliphatic rings. The fourth-order valence-corrected chi connectivity index (χ4v) is 2.21. The molecule has 1 atom stereocenters. The number of hydrogen-bond donors (Lipinski definition) is 1. The molecule has 1 saturated heterocycles. The van der Waals surface area contributed by atoms with E-state index in [-0.39, 0.29) is 18.3 Å². The standard InChI is InChI=1S/C12H15BrN2O.ClH/c13-10-5-2-1-4-9(10)8-11(14)12(16)15-6-3-7-15;/h1-2,4-5,11H,3,6-8,14H2;1H/t11-;/m1./s1. The van der Waals surface area contributed by atoms with Gasteiger partial charge in [-0.2, -0.15) is 0 Å². The maximum absolute atomic E-state index is 11.8. The Labute approximate surface area is 116 Å². The predicted molar refractivity (Wildman–Crippen MR) is 74.3 cm³/mol. The number of likely N-dealkylation sites (tertiary alicyclic amines) is 1. The summed E-state index contributed by atoms with van der Waals surface area (Å²) in [6.07, 6.45) is 1.70. The van der Waals surface area contributed by atoms with Crippen LogP contribution in [0.1, 0.15) is 12.0 Å². The maximum atomic E-state index is 11.8. The normalized spacial score (nSPS) is 15.8. The second kappa shape index (κ2) is 6.38. The van der Waals surface area contributed by atoms with E-state index in [1.54, 1.807) is 0 Å². The minimum Gasteiger partial charge on any atom is -0.341 e. The Morgan fingerprint density at radius 1 is 1.41 bits per heavy atom. The molecule has 1 heterocycles. The number of benzene rings is 1. The number of carbonyl (C=O) groups excluding carboxylic acids is 1. The molecule has 0 aliphatic carbocycles. The molecular weight excluding hydrogens is 304 g/mol. The summed E-state index contributed by atoms with van der Waals surface area (Å²) in [4.78, 5) is 13.6. The third kappa shape index (κ3) is 3.44. The number of amides is 1. The Bertz CT molecular complexity index is 396. The fraction of sp³-hybridized carbons (Fsp3) is 0.417. The van der Waals surface area contributed by atoms with Gasteiger partial charge in [0.2, 0.25) is 5.91 Å². The first-order valence-electron chi connectivity index (χ1n) is 5.46. The van der Waals surface area contributed by atoms with Gasteiger partial charge in [-0.1, -0.05) is 34.1 Å². The van der Waals surface area contributed by atoms with E-state index in [2.05, 4.69) is 15.9 Å². The summed E-state index contributed by atoms with van der Waals surface area (Å²) in [5.41, 5.74) is 7.00. The van der Waals surface area contributed by atoms with Crippen LogP contribution in [0.4, 0.5) is 0 Å². The maximum Gasteiger partial charge on any atom is 0.239 e. The number of hydrogen-bond acceptors (Lipinski definition) is 2. The van der Waals surface area contributed by atoms with E-state index in [0.717, 1.165) is 29.5 Å². The van der Waals surface area contributed by atoms with E-state index in [0.29, 0.717) is 6.42 Å². The minimum absolute atomic E-state index is 0. The van der Waals surface area contributed by atoms with Crippen molar-refractivity contribution in [3.05, 3.63) is 34.3 Å². The summed E-state index contributed by atoms with van der Waals surface area (Å²) >= 11 is 3.46. The molecule has 5 heteroatoms. The highest BCUT2D eigenvalue weighted by atomic mass is 79.9. The van der Waals surface area contributed by atoms with Crippen LogP contribution in [0.3, 0.4) is 0 Å². The predicted octanol–water partition coefficient (Wildman–Crippen LogP) is 1.97. The molecule has 1 aromatic carbocycles. The zero-order chi connectivity index (χ0) is 11.5. The Morgan fingerprint density at radius 3 is 2.59 bits per heavy atom. The molecule has 1 aliphatic heterocycles. The van der Waals surface area contributed by atoms with E-state index in [9.17, 15) is 4.79 Å². The zero-order valence-corrected chi connectivity index (χ0v) is 11.8. The number of rotatable bonds is 3. The average Bonchev–Trinajstić information content (AvgIpc) is 2.18. The van der Waals surface area contributed by atoms with Crippen LogP contribution >= 0.6 is 28.3 Å². The van der Waals surface area contributed by atoms with Crippen LogP contribution in [0.5, 0.6) is 0 Å². The molecule has 94 valence electrons. The third-order valence-electron chi connectivity index (χ3n) is 2.88. The van der Waals surface area contributed by atoms with E-state index in [1.807, 2.05) is 29.2 Å². The second-order valence-electron chi connectivity index (χ2n) is 4.08. The van der Waals surface area contributed by atoms with Crippen molar-refractivity contribution >= 4 is 34.2 Å². The van der Waals surface area contributed by atoms with E-state index >= 15 is 0 Å². The van der Waals surface area contributed by atoms with Gasteiger partial charge in [0.15, 0.2) is 0 Å². The van der Waals surface area contributed by atoms with Crippen LogP contribution in [0.2, 0.25) is 0 Å². The monoisotopic (exact) mass is 318 g/mol. The minimum atomic E-state index is -0.418. The largest absolute Gasteiger partial charge is 0.341 e. The van der Waals surface area contributed by atoms with Crippen molar-refractivity contribution in [2.75, 3.05) is 13.1 Å². The summed E-state index contributed by atoms with van der Waals surface area (Å²) in [6, 6.07) is 7.46. The van der Waals surface area contributed by atoms with Crippen LogP contribution in [0.25, 0.3) is 0 Å². The summed E-state index contributed by atoms with van der Waals surface area (Å²) in [5.74, 6) is 0.0713. The van der Waals surface area contributed by atoms with Gasteiger partial charge in [0.1, 0.15) is 0 Å². The van der Waals surface area contributed by atoms with E-state index in [1.165, 1.54) is 0 Å². The zero-order valence-electron chi connectivity index (χ0n) is 9.43. The van der Waals surface area contributed by atoms with Crippen molar-refractivity contribution in [3.63, 3.8) is 0 Å². The number of carbonyl (C=O) groups is 1. The Morgan fingerprint density at radius 2 is 2.06 bits per heavy atom. The van der Waals surface area contributed by atoms with Gasteiger partial charge in [0.05, 0.1) is 6.04 Å². The molecule has 3 nitrogen and oxygen atoms in total. The summed E-state index contributed by atoms with van der Waals surface area (Å²) < 4.78 is 1.02. The Balaban J connectivity index is 0.00000144. The first-order valence-corrected chi connectivity index (χ1v) is 6.25. The number of nitrogens with zero attached hydrogens (tertiary/aromatic N) is 1. The molecule has 0 radical (unpaired) electrons. The van der Waals surface area contributed by atoms with Crippen molar-refractivity contribution in [2.45, 2.75) is 18.9 Å². The highest BCUT2D eigenvalue weighted by Gasteiger charge is 2.25. The Kier molecular flexibility index (Phi) is 5.43. The molecule has 17 heavy (non-hydrogen) atoms. The lowest BCUT2D eigenvalue weighted by molar-refractivity contribution is -0.136. The van der Waals surface area contributed by atoms with Gasteiger partial charge in [-0.3, -0.25) is 4.79 Å². The third-order valence-corrected chi connectivity index (χ3v) is 3.66.